The quantitative estimate of drug-likeness (QED) is 0.0690. The number of piperazine rings is 1. The molecule has 1 fully saturated rings. The SMILES string of the molecule is CCOC(=O)c1c(CCCOc2cccc3ccccc23)c2cccc3c2n1CCCCOCc1c-3c(COc2ccc(N3CCN(SC)CC3)cc2)nn1C. The van der Waals surface area contributed by atoms with Gasteiger partial charge in [0.05, 0.1) is 31.0 Å². The van der Waals surface area contributed by atoms with Crippen molar-refractivity contribution in [1.82, 2.24) is 18.7 Å². The van der Waals surface area contributed by atoms with Crippen LogP contribution in [-0.4, -0.2) is 76.9 Å². The van der Waals surface area contributed by atoms with Crippen LogP contribution in [-0.2, 0) is 42.7 Å². The molecule has 0 aliphatic carbocycles. The number of para-hydroxylation sites is 1. The van der Waals surface area contributed by atoms with Crippen molar-refractivity contribution in [3.05, 3.63) is 108 Å². The number of ether oxygens (including phenoxy) is 4. The summed E-state index contributed by atoms with van der Waals surface area (Å²) in [5, 5.41) is 8.32. The van der Waals surface area contributed by atoms with Crippen LogP contribution in [0.25, 0.3) is 32.8 Å². The Hall–Kier alpha value is -4.97. The lowest BCUT2D eigenvalue weighted by atomic mass is 9.98. The van der Waals surface area contributed by atoms with Crippen molar-refractivity contribution in [3.63, 3.8) is 0 Å². The Morgan fingerprint density at radius 1 is 0.875 bits per heavy atom. The van der Waals surface area contributed by atoms with Gasteiger partial charge in [0.2, 0.25) is 0 Å². The highest BCUT2D eigenvalue weighted by Crippen LogP contribution is 2.40. The van der Waals surface area contributed by atoms with Gasteiger partial charge in [-0.1, -0.05) is 66.5 Å². The second-order valence-electron chi connectivity index (χ2n) is 14.4. The van der Waals surface area contributed by atoms with Gasteiger partial charge in [0.1, 0.15) is 29.5 Å². The summed E-state index contributed by atoms with van der Waals surface area (Å²) in [7, 11) is 1.97. The lowest BCUT2D eigenvalue weighted by Gasteiger charge is -2.34. The van der Waals surface area contributed by atoms with Crippen molar-refractivity contribution in [2.45, 2.75) is 52.4 Å². The van der Waals surface area contributed by atoms with Gasteiger partial charge in [-0.25, -0.2) is 9.10 Å². The molecule has 0 saturated carbocycles. The average molecular weight is 774 g/mol. The first kappa shape index (κ1) is 37.9. The van der Waals surface area contributed by atoms with Crippen molar-refractivity contribution >= 4 is 45.3 Å². The maximum Gasteiger partial charge on any atom is 0.355 e. The van der Waals surface area contributed by atoms with Crippen molar-refractivity contribution < 1.29 is 23.7 Å². The molecule has 4 heterocycles. The maximum absolute atomic E-state index is 14.0. The Balaban J connectivity index is 1.12. The van der Waals surface area contributed by atoms with Crippen LogP contribution in [0.1, 0.15) is 53.6 Å². The van der Waals surface area contributed by atoms with Crippen LogP contribution >= 0.6 is 11.9 Å². The third-order valence-electron chi connectivity index (χ3n) is 11.0. The lowest BCUT2D eigenvalue weighted by Crippen LogP contribution is -2.43. The fourth-order valence-electron chi connectivity index (χ4n) is 8.22. The third kappa shape index (κ3) is 7.85. The molecule has 8 rings (SSSR count). The van der Waals surface area contributed by atoms with Gasteiger partial charge < -0.3 is 28.4 Å². The first-order valence-electron chi connectivity index (χ1n) is 19.9. The van der Waals surface area contributed by atoms with Crippen LogP contribution in [0.5, 0.6) is 11.5 Å². The highest BCUT2D eigenvalue weighted by molar-refractivity contribution is 7.96. The van der Waals surface area contributed by atoms with Gasteiger partial charge in [-0.15, -0.1) is 0 Å². The Kier molecular flexibility index (Phi) is 11.8. The summed E-state index contributed by atoms with van der Waals surface area (Å²) in [5.41, 5.74) is 7.65. The molecule has 0 N–H and O–H groups in total. The van der Waals surface area contributed by atoms with E-state index in [1.54, 1.807) is 0 Å². The number of esters is 1. The molecule has 0 spiro atoms. The number of carbonyl (C=O) groups is 1. The number of aromatic nitrogens is 3. The Bertz CT molecular complexity index is 2290. The first-order valence-corrected chi connectivity index (χ1v) is 21.0. The Morgan fingerprint density at radius 3 is 2.48 bits per heavy atom. The summed E-state index contributed by atoms with van der Waals surface area (Å²) < 4.78 is 31.4. The Morgan fingerprint density at radius 2 is 1.66 bits per heavy atom. The highest BCUT2D eigenvalue weighted by Gasteiger charge is 2.29. The summed E-state index contributed by atoms with van der Waals surface area (Å²) in [6.07, 6.45) is 5.26. The number of hydrogen-bond acceptors (Lipinski definition) is 9. The van der Waals surface area contributed by atoms with Gasteiger partial charge in [0.25, 0.3) is 0 Å². The van der Waals surface area contributed by atoms with E-state index in [0.717, 1.165) is 107 Å². The lowest BCUT2D eigenvalue weighted by molar-refractivity contribution is 0.0512. The van der Waals surface area contributed by atoms with E-state index in [1.807, 2.05) is 54.9 Å². The second kappa shape index (κ2) is 17.4. The minimum atomic E-state index is -0.296. The van der Waals surface area contributed by atoms with Crippen LogP contribution in [0.4, 0.5) is 5.69 Å². The normalized spacial score (nSPS) is 15.1. The fourth-order valence-corrected chi connectivity index (χ4v) is 8.75. The molecule has 2 aliphatic rings. The molecule has 1 saturated heterocycles. The van der Waals surface area contributed by atoms with Gasteiger partial charge in [0, 0.05) is 74.0 Å². The molecule has 4 aromatic carbocycles. The van der Waals surface area contributed by atoms with Gasteiger partial charge in [-0.05, 0) is 80.1 Å². The summed E-state index contributed by atoms with van der Waals surface area (Å²) in [6.45, 7) is 8.79. The van der Waals surface area contributed by atoms with Crippen molar-refractivity contribution in [2.24, 2.45) is 7.05 Å². The summed E-state index contributed by atoms with van der Waals surface area (Å²) in [5.74, 6) is 1.37. The first-order chi connectivity index (χ1) is 27.5. The zero-order valence-corrected chi connectivity index (χ0v) is 33.5. The monoisotopic (exact) mass is 773 g/mol. The number of anilines is 1. The molecule has 10 nitrogen and oxygen atoms in total. The van der Waals surface area contributed by atoms with E-state index in [-0.39, 0.29) is 12.6 Å². The van der Waals surface area contributed by atoms with Gasteiger partial charge in [-0.2, -0.15) is 5.10 Å². The zero-order valence-electron chi connectivity index (χ0n) is 32.7. The third-order valence-corrected chi connectivity index (χ3v) is 11.9. The molecule has 292 valence electrons. The molecule has 0 radical (unpaired) electrons. The van der Waals surface area contributed by atoms with E-state index in [9.17, 15) is 4.79 Å². The Labute approximate surface area is 333 Å². The molecular formula is C45H51N5O5S. The molecule has 2 aliphatic heterocycles. The van der Waals surface area contributed by atoms with Crippen molar-refractivity contribution in [2.75, 3.05) is 57.2 Å². The molecule has 6 aromatic rings. The summed E-state index contributed by atoms with van der Waals surface area (Å²) >= 11 is 1.81. The molecule has 0 atom stereocenters. The second-order valence-corrected chi connectivity index (χ2v) is 15.2. The number of hydrogen-bond donors (Lipinski definition) is 0. The zero-order chi connectivity index (χ0) is 38.4. The molecule has 56 heavy (non-hydrogen) atoms. The van der Waals surface area contributed by atoms with E-state index >= 15 is 0 Å². The predicted molar refractivity (Wildman–Crippen MR) is 225 cm³/mol. The van der Waals surface area contributed by atoms with Gasteiger partial charge >= 0.3 is 5.97 Å². The maximum atomic E-state index is 14.0. The number of rotatable bonds is 12. The highest BCUT2D eigenvalue weighted by atomic mass is 32.2. The van der Waals surface area contributed by atoms with Crippen LogP contribution in [0.2, 0.25) is 0 Å². The van der Waals surface area contributed by atoms with E-state index in [2.05, 4.69) is 80.7 Å². The van der Waals surface area contributed by atoms with Crippen LogP contribution in [0.3, 0.4) is 0 Å². The smallest absolute Gasteiger partial charge is 0.355 e. The molecule has 0 amide bonds. The number of fused-ring (bicyclic) bond motifs is 3. The largest absolute Gasteiger partial charge is 0.493 e. The minimum absolute atomic E-state index is 0.287. The molecule has 0 bridgehead atoms. The van der Waals surface area contributed by atoms with Crippen molar-refractivity contribution in [3.8, 4) is 22.6 Å². The van der Waals surface area contributed by atoms with E-state index in [4.69, 9.17) is 24.0 Å². The molecule has 2 aromatic heterocycles. The summed E-state index contributed by atoms with van der Waals surface area (Å²) in [4.78, 5) is 16.4. The van der Waals surface area contributed by atoms with Crippen LogP contribution in [0, 0.1) is 0 Å². The van der Waals surface area contributed by atoms with Crippen LogP contribution < -0.4 is 14.4 Å². The summed E-state index contributed by atoms with van der Waals surface area (Å²) in [6, 6.07) is 29.2. The topological polar surface area (TPSA) is 83.2 Å². The molecule has 11 heteroatoms. The fraction of sp³-hybridized carbons (Fsp3) is 0.378. The van der Waals surface area contributed by atoms with Gasteiger partial charge in [0.15, 0.2) is 0 Å². The van der Waals surface area contributed by atoms with Crippen LogP contribution in [0.15, 0.2) is 84.9 Å². The van der Waals surface area contributed by atoms with Gasteiger partial charge in [-0.3, -0.25) is 4.68 Å². The van der Waals surface area contributed by atoms with E-state index in [0.29, 0.717) is 45.1 Å². The van der Waals surface area contributed by atoms with E-state index < -0.39 is 0 Å². The predicted octanol–water partition coefficient (Wildman–Crippen LogP) is 8.67. The van der Waals surface area contributed by atoms with E-state index in [1.165, 1.54) is 5.69 Å². The standard InChI is InChI=1S/C45H51N5O5S/c1-4-53-45(51)44-37(17-11-29-54-41-18-9-13-32-12-5-6-14-35(32)41)36-15-10-16-38-42-39(46-47(2)40(42)31-52-28-8-7-23-50(44)43(36)38)30-55-34-21-19-33(20-22-34)48-24-26-49(56-3)27-25-48/h5-6,9-10,12-16,18-22H,4,7-8,11,17,23-31H2,1-3H3. The van der Waals surface area contributed by atoms with Crippen molar-refractivity contribution in [1.29, 1.82) is 0 Å². The molecule has 0 unspecified atom stereocenters. The number of aryl methyl sites for hydroxylation is 3. The average Bonchev–Trinajstić information content (AvgIpc) is 3.71. The number of carbonyl (C=O) groups excluding carboxylic acids is 1. The molecular weight excluding hydrogens is 723 g/mol. The minimum Gasteiger partial charge on any atom is -0.493 e. The number of nitrogens with zero attached hydrogens (tertiary/aromatic N) is 5. The number of benzene rings is 4.